The number of unbranched alkanes of at least 4 members (excludes halogenated alkanes) is 3. The lowest BCUT2D eigenvalue weighted by Crippen LogP contribution is -2.15. The van der Waals surface area contributed by atoms with Gasteiger partial charge in [-0.1, -0.05) is 32.6 Å². The molecule has 2 rings (SSSR count). The van der Waals surface area contributed by atoms with Gasteiger partial charge in [-0.15, -0.1) is 0 Å². The van der Waals surface area contributed by atoms with E-state index in [1.807, 2.05) is 0 Å². The number of nitrogens with one attached hydrogen (secondary N) is 1. The average Bonchev–Trinajstić information content (AvgIpc) is 2.99. The third kappa shape index (κ3) is 5.99. The number of hydrogen-bond donors (Lipinski definition) is 1. The standard InChI is InChI=1S/C19H31NO/c1-3-4-5-6-9-16(2)20-17-12-14-19(15-13-17)21-18-10-7-8-11-18/h12-16,18,20H,3-11H2,1-2H3. The second-order valence-corrected chi connectivity index (χ2v) is 6.44. The molecule has 0 bridgehead atoms. The van der Waals surface area contributed by atoms with Gasteiger partial charge in [-0.25, -0.2) is 0 Å². The molecule has 0 saturated heterocycles. The summed E-state index contributed by atoms with van der Waals surface area (Å²) in [6.45, 7) is 4.53. The highest BCUT2D eigenvalue weighted by Gasteiger charge is 2.16. The van der Waals surface area contributed by atoms with Gasteiger partial charge in [0.25, 0.3) is 0 Å². The second-order valence-electron chi connectivity index (χ2n) is 6.44. The zero-order chi connectivity index (χ0) is 14.9. The molecule has 1 aromatic carbocycles. The monoisotopic (exact) mass is 289 g/mol. The predicted octanol–water partition coefficient (Wildman–Crippen LogP) is 5.78. The molecule has 1 atom stereocenters. The van der Waals surface area contributed by atoms with Gasteiger partial charge >= 0.3 is 0 Å². The largest absolute Gasteiger partial charge is 0.490 e. The van der Waals surface area contributed by atoms with Crippen molar-refractivity contribution in [3.8, 4) is 5.75 Å². The van der Waals surface area contributed by atoms with Crippen molar-refractivity contribution in [3.63, 3.8) is 0 Å². The summed E-state index contributed by atoms with van der Waals surface area (Å²) in [6.07, 6.45) is 12.1. The van der Waals surface area contributed by atoms with Crippen LogP contribution in [0.25, 0.3) is 0 Å². The molecule has 2 heteroatoms. The molecule has 1 unspecified atom stereocenters. The molecule has 0 aliphatic heterocycles. The van der Waals surface area contributed by atoms with Crippen molar-refractivity contribution in [1.29, 1.82) is 0 Å². The first-order chi connectivity index (χ1) is 10.3. The van der Waals surface area contributed by atoms with Crippen molar-refractivity contribution < 1.29 is 4.74 Å². The minimum atomic E-state index is 0.446. The number of benzene rings is 1. The van der Waals surface area contributed by atoms with Crippen molar-refractivity contribution in [3.05, 3.63) is 24.3 Å². The summed E-state index contributed by atoms with van der Waals surface area (Å²) in [5.74, 6) is 1.02. The van der Waals surface area contributed by atoms with E-state index >= 15 is 0 Å². The van der Waals surface area contributed by atoms with Crippen LogP contribution in [0.4, 0.5) is 5.69 Å². The summed E-state index contributed by atoms with van der Waals surface area (Å²) < 4.78 is 6.00. The maximum atomic E-state index is 6.00. The minimum Gasteiger partial charge on any atom is -0.490 e. The second kappa shape index (κ2) is 8.96. The first kappa shape index (κ1) is 16.2. The highest BCUT2D eigenvalue weighted by atomic mass is 16.5. The highest BCUT2D eigenvalue weighted by molar-refractivity contribution is 5.47. The summed E-state index contributed by atoms with van der Waals surface area (Å²) in [4.78, 5) is 0. The molecular formula is C19H31NO. The lowest BCUT2D eigenvalue weighted by Gasteiger charge is -2.17. The fourth-order valence-corrected chi connectivity index (χ4v) is 3.06. The number of ether oxygens (including phenoxy) is 1. The number of hydrogen-bond acceptors (Lipinski definition) is 2. The summed E-state index contributed by atoms with van der Waals surface area (Å²) in [6, 6.07) is 9.04. The smallest absolute Gasteiger partial charge is 0.119 e. The third-order valence-corrected chi connectivity index (χ3v) is 4.36. The predicted molar refractivity (Wildman–Crippen MR) is 91.2 cm³/mol. The molecular weight excluding hydrogens is 258 g/mol. The summed E-state index contributed by atoms with van der Waals surface area (Å²) >= 11 is 0. The molecule has 0 amide bonds. The number of rotatable bonds is 9. The van der Waals surface area contributed by atoms with E-state index in [9.17, 15) is 0 Å². The van der Waals surface area contributed by atoms with Crippen LogP contribution >= 0.6 is 0 Å². The minimum absolute atomic E-state index is 0.446. The van der Waals surface area contributed by atoms with Crippen LogP contribution in [0.1, 0.15) is 71.6 Å². The quantitative estimate of drug-likeness (QED) is 0.582. The van der Waals surface area contributed by atoms with Gasteiger partial charge in [0.2, 0.25) is 0 Å². The first-order valence-corrected chi connectivity index (χ1v) is 8.81. The van der Waals surface area contributed by atoms with E-state index in [0.717, 1.165) is 5.75 Å². The SMILES string of the molecule is CCCCCCC(C)Nc1ccc(OC2CCCC2)cc1. The Hall–Kier alpha value is -1.18. The van der Waals surface area contributed by atoms with Gasteiger partial charge in [0.05, 0.1) is 6.10 Å². The molecule has 1 N–H and O–H groups in total. The molecule has 0 spiro atoms. The van der Waals surface area contributed by atoms with Gasteiger partial charge in [0, 0.05) is 11.7 Å². The van der Waals surface area contributed by atoms with E-state index in [4.69, 9.17) is 4.74 Å². The van der Waals surface area contributed by atoms with Crippen LogP contribution in [0.2, 0.25) is 0 Å². The first-order valence-electron chi connectivity index (χ1n) is 8.81. The van der Waals surface area contributed by atoms with Gasteiger partial charge in [0.1, 0.15) is 5.75 Å². The zero-order valence-electron chi connectivity index (χ0n) is 13.7. The molecule has 1 fully saturated rings. The molecule has 0 radical (unpaired) electrons. The Kier molecular flexibility index (Phi) is 6.91. The average molecular weight is 289 g/mol. The zero-order valence-corrected chi connectivity index (χ0v) is 13.7. The maximum Gasteiger partial charge on any atom is 0.119 e. The molecule has 1 saturated carbocycles. The van der Waals surface area contributed by atoms with Gasteiger partial charge < -0.3 is 10.1 Å². The van der Waals surface area contributed by atoms with E-state index in [1.54, 1.807) is 0 Å². The lowest BCUT2D eigenvalue weighted by molar-refractivity contribution is 0.210. The van der Waals surface area contributed by atoms with Gasteiger partial charge in [0.15, 0.2) is 0 Å². The molecule has 1 aliphatic carbocycles. The molecule has 1 aromatic rings. The van der Waals surface area contributed by atoms with E-state index in [1.165, 1.54) is 63.5 Å². The molecule has 118 valence electrons. The van der Waals surface area contributed by atoms with Gasteiger partial charge in [-0.3, -0.25) is 0 Å². The molecule has 21 heavy (non-hydrogen) atoms. The molecule has 1 aliphatic rings. The van der Waals surface area contributed by atoms with Crippen LogP contribution in [0, 0.1) is 0 Å². The summed E-state index contributed by atoms with van der Waals surface area (Å²) in [5, 5.41) is 3.58. The van der Waals surface area contributed by atoms with E-state index in [0.29, 0.717) is 12.1 Å². The van der Waals surface area contributed by atoms with Crippen molar-refractivity contribution in [1.82, 2.24) is 0 Å². The van der Waals surface area contributed by atoms with Crippen molar-refractivity contribution in [2.45, 2.75) is 83.8 Å². The van der Waals surface area contributed by atoms with E-state index < -0.39 is 0 Å². The Morgan fingerprint density at radius 3 is 2.48 bits per heavy atom. The topological polar surface area (TPSA) is 21.3 Å². The number of anilines is 1. The maximum absolute atomic E-state index is 6.00. The Morgan fingerprint density at radius 1 is 1.10 bits per heavy atom. The Bertz CT molecular complexity index is 381. The van der Waals surface area contributed by atoms with Crippen LogP contribution in [0.3, 0.4) is 0 Å². The van der Waals surface area contributed by atoms with E-state index in [2.05, 4.69) is 43.4 Å². The van der Waals surface area contributed by atoms with Crippen molar-refractivity contribution in [2.24, 2.45) is 0 Å². The van der Waals surface area contributed by atoms with Gasteiger partial charge in [-0.2, -0.15) is 0 Å². The van der Waals surface area contributed by atoms with E-state index in [-0.39, 0.29) is 0 Å². The fraction of sp³-hybridized carbons (Fsp3) is 0.684. The van der Waals surface area contributed by atoms with Crippen LogP contribution in [-0.4, -0.2) is 12.1 Å². The van der Waals surface area contributed by atoms with Crippen molar-refractivity contribution >= 4 is 5.69 Å². The fourth-order valence-electron chi connectivity index (χ4n) is 3.06. The van der Waals surface area contributed by atoms with Crippen LogP contribution in [0.15, 0.2) is 24.3 Å². The highest BCUT2D eigenvalue weighted by Crippen LogP contribution is 2.25. The lowest BCUT2D eigenvalue weighted by atomic mass is 10.1. The normalized spacial score (nSPS) is 16.9. The van der Waals surface area contributed by atoms with Crippen molar-refractivity contribution in [2.75, 3.05) is 5.32 Å². The Labute approximate surface area is 130 Å². The molecule has 2 nitrogen and oxygen atoms in total. The summed E-state index contributed by atoms with van der Waals surface area (Å²) in [7, 11) is 0. The Balaban J connectivity index is 1.71. The van der Waals surface area contributed by atoms with Gasteiger partial charge in [-0.05, 0) is 63.3 Å². The molecule has 0 heterocycles. The summed E-state index contributed by atoms with van der Waals surface area (Å²) in [5.41, 5.74) is 1.21. The van der Waals surface area contributed by atoms with Crippen LogP contribution in [0.5, 0.6) is 5.75 Å². The van der Waals surface area contributed by atoms with Crippen LogP contribution < -0.4 is 10.1 Å². The molecule has 0 aromatic heterocycles. The third-order valence-electron chi connectivity index (χ3n) is 4.36. The van der Waals surface area contributed by atoms with Crippen LogP contribution in [-0.2, 0) is 0 Å². The Morgan fingerprint density at radius 2 is 1.81 bits per heavy atom.